The van der Waals surface area contributed by atoms with Crippen LogP contribution in [0.4, 0.5) is 5.69 Å². The zero-order valence-electron chi connectivity index (χ0n) is 17.5. The summed E-state index contributed by atoms with van der Waals surface area (Å²) in [6, 6.07) is 16.2. The maximum atomic E-state index is 9.23. The van der Waals surface area contributed by atoms with Crippen molar-refractivity contribution in [3.05, 3.63) is 77.7 Å². The first-order chi connectivity index (χ1) is 15.2. The molecular formula is C25H27N5O. The first-order valence-corrected chi connectivity index (χ1v) is 10.8. The molecule has 0 fully saturated rings. The van der Waals surface area contributed by atoms with Crippen molar-refractivity contribution in [2.45, 2.75) is 32.5 Å². The summed E-state index contributed by atoms with van der Waals surface area (Å²) in [5, 5.41) is 10.5. The van der Waals surface area contributed by atoms with Crippen molar-refractivity contribution >= 4 is 16.6 Å². The van der Waals surface area contributed by atoms with Gasteiger partial charge < -0.3 is 15.4 Å². The fourth-order valence-electron chi connectivity index (χ4n) is 4.40. The van der Waals surface area contributed by atoms with E-state index in [1.165, 1.54) is 22.0 Å². The van der Waals surface area contributed by atoms with Gasteiger partial charge >= 0.3 is 0 Å². The van der Waals surface area contributed by atoms with Gasteiger partial charge in [-0.1, -0.05) is 18.2 Å². The molecule has 0 spiro atoms. The first-order valence-electron chi connectivity index (χ1n) is 10.8. The van der Waals surface area contributed by atoms with E-state index in [9.17, 15) is 5.11 Å². The molecule has 0 atom stereocenters. The molecule has 0 unspecified atom stereocenters. The standard InChI is InChI=1S/C25H27N5O/c26-21-8-6-18(7-9-21)25-27-14-19-15-29(12-10-23(19)28-25)16-20-17-30(11-3-13-31)24-5-2-1-4-22(20)24/h1-2,4-9,14,17,31H,3,10-13,15-16,26H2. The minimum absolute atomic E-state index is 0.211. The predicted octanol–water partition coefficient (Wildman–Crippen LogP) is 3.62. The molecule has 0 amide bonds. The highest BCUT2D eigenvalue weighted by atomic mass is 16.3. The van der Waals surface area contributed by atoms with Crippen molar-refractivity contribution in [3.8, 4) is 11.4 Å². The van der Waals surface area contributed by atoms with Crippen molar-refractivity contribution < 1.29 is 5.11 Å². The number of aromatic nitrogens is 3. The number of rotatable bonds is 6. The lowest BCUT2D eigenvalue weighted by Crippen LogP contribution is -2.30. The number of anilines is 1. The van der Waals surface area contributed by atoms with E-state index in [0.717, 1.165) is 61.8 Å². The van der Waals surface area contributed by atoms with Gasteiger partial charge in [-0.3, -0.25) is 4.90 Å². The molecule has 2 aromatic carbocycles. The second kappa shape index (κ2) is 8.49. The van der Waals surface area contributed by atoms with Gasteiger partial charge in [0.15, 0.2) is 5.82 Å². The molecule has 0 saturated carbocycles. The summed E-state index contributed by atoms with van der Waals surface area (Å²) in [5.74, 6) is 0.763. The molecule has 0 bridgehead atoms. The van der Waals surface area contributed by atoms with Crippen LogP contribution in [0, 0.1) is 0 Å². The molecule has 6 nitrogen and oxygen atoms in total. The van der Waals surface area contributed by atoms with Gasteiger partial charge in [0.25, 0.3) is 0 Å². The Labute approximate surface area is 182 Å². The Hall–Kier alpha value is -3.22. The molecule has 0 radical (unpaired) electrons. The number of hydrogen-bond donors (Lipinski definition) is 2. The number of aliphatic hydroxyl groups is 1. The summed E-state index contributed by atoms with van der Waals surface area (Å²) in [4.78, 5) is 11.9. The van der Waals surface area contributed by atoms with Crippen LogP contribution in [0.1, 0.15) is 23.2 Å². The molecule has 1 aliphatic rings. The van der Waals surface area contributed by atoms with Crippen molar-refractivity contribution in [1.29, 1.82) is 0 Å². The fourth-order valence-corrected chi connectivity index (χ4v) is 4.40. The van der Waals surface area contributed by atoms with Gasteiger partial charge in [0.05, 0.1) is 5.69 Å². The molecule has 1 aliphatic heterocycles. The number of fused-ring (bicyclic) bond motifs is 2. The van der Waals surface area contributed by atoms with Crippen LogP contribution in [0.15, 0.2) is 60.9 Å². The van der Waals surface area contributed by atoms with Crippen LogP contribution >= 0.6 is 0 Å². The Kier molecular flexibility index (Phi) is 5.40. The average Bonchev–Trinajstić information content (AvgIpc) is 3.15. The lowest BCUT2D eigenvalue weighted by Gasteiger charge is -2.28. The second-order valence-electron chi connectivity index (χ2n) is 8.19. The topological polar surface area (TPSA) is 80.2 Å². The number of nitrogens with two attached hydrogens (primary N) is 1. The summed E-state index contributed by atoms with van der Waals surface area (Å²) in [6.07, 6.45) is 5.91. The van der Waals surface area contributed by atoms with Crippen LogP contribution in [-0.4, -0.2) is 37.7 Å². The van der Waals surface area contributed by atoms with Gasteiger partial charge in [0.1, 0.15) is 0 Å². The third-order valence-electron chi connectivity index (χ3n) is 6.00. The highest BCUT2D eigenvalue weighted by Crippen LogP contribution is 2.26. The number of para-hydroxylation sites is 1. The molecule has 0 aliphatic carbocycles. The molecular weight excluding hydrogens is 386 g/mol. The van der Waals surface area contributed by atoms with Crippen molar-refractivity contribution in [3.63, 3.8) is 0 Å². The average molecular weight is 414 g/mol. The number of benzene rings is 2. The van der Waals surface area contributed by atoms with Gasteiger partial charge in [-0.05, 0) is 42.3 Å². The molecule has 4 aromatic rings. The number of aliphatic hydroxyl groups excluding tert-OH is 1. The van der Waals surface area contributed by atoms with Crippen molar-refractivity contribution in [1.82, 2.24) is 19.4 Å². The monoisotopic (exact) mass is 413 g/mol. The van der Waals surface area contributed by atoms with E-state index in [-0.39, 0.29) is 6.61 Å². The number of hydrogen-bond acceptors (Lipinski definition) is 5. The Bertz CT molecular complexity index is 1200. The van der Waals surface area contributed by atoms with Crippen LogP contribution in [0.25, 0.3) is 22.3 Å². The van der Waals surface area contributed by atoms with Crippen LogP contribution in [-0.2, 0) is 26.1 Å². The molecule has 6 heteroatoms. The Morgan fingerprint density at radius 1 is 1.06 bits per heavy atom. The second-order valence-corrected chi connectivity index (χ2v) is 8.19. The molecule has 31 heavy (non-hydrogen) atoms. The third-order valence-corrected chi connectivity index (χ3v) is 6.00. The summed E-state index contributed by atoms with van der Waals surface area (Å²) in [6.45, 7) is 3.77. The van der Waals surface area contributed by atoms with Crippen LogP contribution in [0.5, 0.6) is 0 Å². The van der Waals surface area contributed by atoms with E-state index < -0.39 is 0 Å². The number of nitrogen functional groups attached to an aromatic ring is 1. The fraction of sp³-hybridized carbons (Fsp3) is 0.280. The van der Waals surface area contributed by atoms with Crippen LogP contribution < -0.4 is 5.73 Å². The van der Waals surface area contributed by atoms with Gasteiger partial charge in [-0.2, -0.15) is 0 Å². The van der Waals surface area contributed by atoms with Crippen LogP contribution in [0.3, 0.4) is 0 Å². The Morgan fingerprint density at radius 3 is 2.74 bits per heavy atom. The van der Waals surface area contributed by atoms with Gasteiger partial charge in [-0.25, -0.2) is 9.97 Å². The third kappa shape index (κ3) is 4.04. The lowest BCUT2D eigenvalue weighted by molar-refractivity contribution is 0.243. The summed E-state index contributed by atoms with van der Waals surface area (Å²) >= 11 is 0. The summed E-state index contributed by atoms with van der Waals surface area (Å²) in [5.41, 5.74) is 12.4. The quantitative estimate of drug-likeness (QED) is 0.472. The highest BCUT2D eigenvalue weighted by molar-refractivity contribution is 5.84. The molecule has 2 aromatic heterocycles. The zero-order valence-corrected chi connectivity index (χ0v) is 17.5. The van der Waals surface area contributed by atoms with Gasteiger partial charge in [-0.15, -0.1) is 0 Å². The lowest BCUT2D eigenvalue weighted by atomic mass is 10.1. The van der Waals surface area contributed by atoms with E-state index in [0.29, 0.717) is 0 Å². The predicted molar refractivity (Wildman–Crippen MR) is 123 cm³/mol. The Morgan fingerprint density at radius 2 is 1.90 bits per heavy atom. The Balaban J connectivity index is 1.35. The summed E-state index contributed by atoms with van der Waals surface area (Å²) in [7, 11) is 0. The molecule has 3 N–H and O–H groups in total. The van der Waals surface area contributed by atoms with Gasteiger partial charge in [0.2, 0.25) is 0 Å². The summed E-state index contributed by atoms with van der Waals surface area (Å²) < 4.78 is 2.26. The first kappa shape index (κ1) is 19.7. The van der Waals surface area contributed by atoms with E-state index in [4.69, 9.17) is 10.7 Å². The van der Waals surface area contributed by atoms with Crippen LogP contribution in [0.2, 0.25) is 0 Å². The van der Waals surface area contributed by atoms with Crippen molar-refractivity contribution in [2.24, 2.45) is 0 Å². The zero-order chi connectivity index (χ0) is 21.2. The van der Waals surface area contributed by atoms with Crippen molar-refractivity contribution in [2.75, 3.05) is 18.9 Å². The SMILES string of the molecule is Nc1ccc(-c2ncc3c(n2)CCN(Cc2cn(CCCO)c4ccccc24)C3)cc1. The van der Waals surface area contributed by atoms with E-state index in [2.05, 4.69) is 44.9 Å². The molecule has 158 valence electrons. The molecule has 0 saturated heterocycles. The number of aryl methyl sites for hydroxylation is 1. The normalized spacial score (nSPS) is 14.1. The number of nitrogens with zero attached hydrogens (tertiary/aromatic N) is 4. The molecule has 3 heterocycles. The van der Waals surface area contributed by atoms with Gasteiger partial charge in [0, 0.05) is 79.3 Å². The maximum Gasteiger partial charge on any atom is 0.159 e. The van der Waals surface area contributed by atoms with E-state index in [1.807, 2.05) is 30.5 Å². The largest absolute Gasteiger partial charge is 0.399 e. The minimum atomic E-state index is 0.211. The maximum absolute atomic E-state index is 9.23. The minimum Gasteiger partial charge on any atom is -0.399 e. The highest BCUT2D eigenvalue weighted by Gasteiger charge is 2.20. The smallest absolute Gasteiger partial charge is 0.159 e. The van der Waals surface area contributed by atoms with E-state index >= 15 is 0 Å². The molecule has 5 rings (SSSR count). The van der Waals surface area contributed by atoms with E-state index in [1.54, 1.807) is 0 Å².